The van der Waals surface area contributed by atoms with E-state index >= 15 is 0 Å². The number of nitrogens with zero attached hydrogens (tertiary/aromatic N) is 2. The van der Waals surface area contributed by atoms with Crippen LogP contribution in [-0.4, -0.2) is 39.5 Å². The lowest BCUT2D eigenvalue weighted by atomic mass is 10.0. The van der Waals surface area contributed by atoms with Crippen molar-refractivity contribution in [2.45, 2.75) is 51.6 Å². The Labute approximate surface area is 176 Å². The summed E-state index contributed by atoms with van der Waals surface area (Å²) in [6.45, 7) is 6.27. The van der Waals surface area contributed by atoms with Crippen molar-refractivity contribution in [2.24, 2.45) is 0 Å². The molecule has 4 rings (SSSR count). The van der Waals surface area contributed by atoms with Crippen LogP contribution in [0.3, 0.4) is 0 Å². The number of hydrogen-bond donors (Lipinski definition) is 2. The van der Waals surface area contributed by atoms with Crippen LogP contribution in [0, 0.1) is 0 Å². The van der Waals surface area contributed by atoms with Gasteiger partial charge in [-0.1, -0.05) is 38.1 Å². The van der Waals surface area contributed by atoms with Gasteiger partial charge in [-0.05, 0) is 48.6 Å². The highest BCUT2D eigenvalue weighted by Crippen LogP contribution is 2.20. The average Bonchev–Trinajstić information content (AvgIpc) is 3.07. The number of rotatable bonds is 6. The van der Waals surface area contributed by atoms with E-state index in [4.69, 9.17) is 0 Å². The molecule has 0 radical (unpaired) electrons. The maximum absolute atomic E-state index is 12.8. The van der Waals surface area contributed by atoms with Crippen LogP contribution in [0.15, 0.2) is 53.3 Å². The first kappa shape index (κ1) is 20.3. The number of aromatic amines is 1. The van der Waals surface area contributed by atoms with Crippen molar-refractivity contribution in [1.82, 2.24) is 14.5 Å². The van der Waals surface area contributed by atoms with Gasteiger partial charge in [0.1, 0.15) is 0 Å². The molecule has 1 fully saturated rings. The number of H-pyrrole nitrogens is 1. The predicted molar refractivity (Wildman–Crippen MR) is 121 cm³/mol. The van der Waals surface area contributed by atoms with E-state index in [1.54, 1.807) is 4.57 Å². The minimum absolute atomic E-state index is 0.105. The summed E-state index contributed by atoms with van der Waals surface area (Å²) in [7, 11) is 0. The van der Waals surface area contributed by atoms with Gasteiger partial charge in [0, 0.05) is 37.8 Å². The highest BCUT2D eigenvalue weighted by Gasteiger charge is 2.23. The van der Waals surface area contributed by atoms with Crippen molar-refractivity contribution in [3.8, 4) is 0 Å². The molecule has 0 bridgehead atoms. The number of likely N-dealkylation sites (tertiary alicyclic amines) is 1. The lowest BCUT2D eigenvalue weighted by Crippen LogP contribution is -2.45. The molecule has 1 amide bonds. The second kappa shape index (κ2) is 8.78. The molecule has 1 atom stereocenters. The van der Waals surface area contributed by atoms with Crippen LogP contribution in [0.1, 0.15) is 44.6 Å². The third kappa shape index (κ3) is 4.42. The summed E-state index contributed by atoms with van der Waals surface area (Å²) in [4.78, 5) is 29.8. The van der Waals surface area contributed by atoms with E-state index in [2.05, 4.69) is 48.4 Å². The second-order valence-electron chi connectivity index (χ2n) is 8.45. The van der Waals surface area contributed by atoms with Crippen molar-refractivity contribution >= 4 is 22.6 Å². The number of aromatic nitrogens is 2. The number of carbonyl (C=O) groups is 1. The van der Waals surface area contributed by atoms with Gasteiger partial charge in [0.15, 0.2) is 0 Å². The fourth-order valence-electron chi connectivity index (χ4n) is 4.22. The summed E-state index contributed by atoms with van der Waals surface area (Å²) in [5.74, 6) is 0.625. The van der Waals surface area contributed by atoms with Gasteiger partial charge in [0.25, 0.3) is 0 Å². The zero-order valence-electron chi connectivity index (χ0n) is 17.7. The van der Waals surface area contributed by atoms with Crippen LogP contribution in [0.4, 0.5) is 5.69 Å². The van der Waals surface area contributed by atoms with Crippen LogP contribution in [0.5, 0.6) is 0 Å². The molecule has 6 nitrogen and oxygen atoms in total. The largest absolute Gasteiger partial charge is 0.381 e. The molecule has 1 saturated heterocycles. The molecule has 2 heterocycles. The van der Waals surface area contributed by atoms with Gasteiger partial charge in [0.05, 0.1) is 11.0 Å². The molecular weight excluding hydrogens is 376 g/mol. The minimum atomic E-state index is -0.160. The van der Waals surface area contributed by atoms with E-state index in [0.717, 1.165) is 36.1 Å². The van der Waals surface area contributed by atoms with Gasteiger partial charge in [-0.25, -0.2) is 4.79 Å². The number of para-hydroxylation sites is 2. The number of piperidine rings is 1. The summed E-state index contributed by atoms with van der Waals surface area (Å²) >= 11 is 0. The van der Waals surface area contributed by atoms with E-state index in [0.29, 0.717) is 25.4 Å². The fourth-order valence-corrected chi connectivity index (χ4v) is 4.22. The Morgan fingerprint density at radius 2 is 1.93 bits per heavy atom. The summed E-state index contributed by atoms with van der Waals surface area (Å²) < 4.78 is 1.66. The molecule has 2 aromatic carbocycles. The van der Waals surface area contributed by atoms with Gasteiger partial charge < -0.3 is 15.2 Å². The molecule has 6 heteroatoms. The van der Waals surface area contributed by atoms with Crippen LogP contribution < -0.4 is 11.0 Å². The molecule has 1 aliphatic heterocycles. The average molecular weight is 407 g/mol. The maximum Gasteiger partial charge on any atom is 0.326 e. The lowest BCUT2D eigenvalue weighted by Gasteiger charge is -2.34. The number of anilines is 1. The SMILES string of the molecule is CC(C)c1ccc(NC2CCCN(C(=O)CCn3c(=O)[nH]c4ccccc43)C2)cc1. The summed E-state index contributed by atoms with van der Waals surface area (Å²) in [5.41, 5.74) is 3.92. The molecule has 1 unspecified atom stereocenters. The summed E-state index contributed by atoms with van der Waals surface area (Å²) in [5, 5.41) is 3.58. The van der Waals surface area contributed by atoms with Crippen LogP contribution >= 0.6 is 0 Å². The topological polar surface area (TPSA) is 70.1 Å². The zero-order valence-corrected chi connectivity index (χ0v) is 17.7. The van der Waals surface area contributed by atoms with Gasteiger partial charge in [-0.2, -0.15) is 0 Å². The first-order valence-corrected chi connectivity index (χ1v) is 10.8. The third-order valence-corrected chi connectivity index (χ3v) is 5.95. The van der Waals surface area contributed by atoms with Crippen molar-refractivity contribution < 1.29 is 4.79 Å². The number of benzene rings is 2. The molecule has 2 N–H and O–H groups in total. The number of imidazole rings is 1. The molecular formula is C24H30N4O2. The van der Waals surface area contributed by atoms with E-state index in [-0.39, 0.29) is 17.6 Å². The monoisotopic (exact) mass is 406 g/mol. The Balaban J connectivity index is 1.35. The van der Waals surface area contributed by atoms with E-state index in [9.17, 15) is 9.59 Å². The minimum Gasteiger partial charge on any atom is -0.381 e. The molecule has 158 valence electrons. The standard InChI is InChI=1S/C24H30N4O2/c1-17(2)18-9-11-19(12-10-18)25-20-6-5-14-27(16-20)23(29)13-15-28-22-8-4-3-7-21(22)26-24(28)30/h3-4,7-12,17,20,25H,5-6,13-16H2,1-2H3,(H,26,30). The van der Waals surface area contributed by atoms with Gasteiger partial charge in [0.2, 0.25) is 5.91 Å². The Hall–Kier alpha value is -3.02. The summed E-state index contributed by atoms with van der Waals surface area (Å²) in [6, 6.07) is 16.4. The summed E-state index contributed by atoms with van der Waals surface area (Å²) in [6.07, 6.45) is 2.37. The fraction of sp³-hybridized carbons (Fsp3) is 0.417. The second-order valence-corrected chi connectivity index (χ2v) is 8.45. The molecule has 0 aliphatic carbocycles. The Kier molecular flexibility index (Phi) is 5.93. The van der Waals surface area contributed by atoms with E-state index in [1.807, 2.05) is 29.2 Å². The zero-order chi connectivity index (χ0) is 21.1. The number of amides is 1. The number of nitrogens with one attached hydrogen (secondary N) is 2. The Morgan fingerprint density at radius 3 is 2.70 bits per heavy atom. The number of carbonyl (C=O) groups excluding carboxylic acids is 1. The first-order chi connectivity index (χ1) is 14.5. The van der Waals surface area contributed by atoms with Crippen molar-refractivity contribution in [3.05, 3.63) is 64.6 Å². The quantitative estimate of drug-likeness (QED) is 0.651. The molecule has 3 aromatic rings. The highest BCUT2D eigenvalue weighted by atomic mass is 16.2. The maximum atomic E-state index is 12.8. The number of aryl methyl sites for hydroxylation is 1. The Morgan fingerprint density at radius 1 is 1.17 bits per heavy atom. The van der Waals surface area contributed by atoms with Gasteiger partial charge in [-0.3, -0.25) is 9.36 Å². The van der Waals surface area contributed by atoms with E-state index in [1.165, 1.54) is 5.56 Å². The Bertz CT molecular complexity index is 1060. The smallest absolute Gasteiger partial charge is 0.326 e. The molecule has 0 saturated carbocycles. The van der Waals surface area contributed by atoms with Gasteiger partial charge >= 0.3 is 5.69 Å². The molecule has 1 aliphatic rings. The predicted octanol–water partition coefficient (Wildman–Crippen LogP) is 3.95. The van der Waals surface area contributed by atoms with Crippen LogP contribution in [0.25, 0.3) is 11.0 Å². The van der Waals surface area contributed by atoms with Crippen molar-refractivity contribution in [3.63, 3.8) is 0 Å². The molecule has 30 heavy (non-hydrogen) atoms. The molecule has 1 aromatic heterocycles. The van der Waals surface area contributed by atoms with Gasteiger partial charge in [-0.15, -0.1) is 0 Å². The molecule has 0 spiro atoms. The number of hydrogen-bond acceptors (Lipinski definition) is 3. The normalized spacial score (nSPS) is 16.9. The van der Waals surface area contributed by atoms with Crippen molar-refractivity contribution in [2.75, 3.05) is 18.4 Å². The third-order valence-electron chi connectivity index (χ3n) is 5.95. The lowest BCUT2D eigenvalue weighted by molar-refractivity contribution is -0.132. The van der Waals surface area contributed by atoms with E-state index < -0.39 is 0 Å². The highest BCUT2D eigenvalue weighted by molar-refractivity contribution is 5.77. The number of fused-ring (bicyclic) bond motifs is 1. The first-order valence-electron chi connectivity index (χ1n) is 10.8. The van der Waals surface area contributed by atoms with Crippen LogP contribution in [0.2, 0.25) is 0 Å². The van der Waals surface area contributed by atoms with Crippen molar-refractivity contribution in [1.29, 1.82) is 0 Å². The van der Waals surface area contributed by atoms with Crippen LogP contribution in [-0.2, 0) is 11.3 Å².